The van der Waals surface area contributed by atoms with Crippen molar-refractivity contribution < 1.29 is 22.7 Å². The molecule has 0 bridgehead atoms. The fraction of sp³-hybridized carbons (Fsp3) is 0.333. The molecule has 1 heterocycles. The van der Waals surface area contributed by atoms with Gasteiger partial charge in [-0.2, -0.15) is 18.3 Å². The van der Waals surface area contributed by atoms with Gasteiger partial charge in [0.05, 0.1) is 15.1 Å². The Hall–Kier alpha value is -1.64. The maximum Gasteiger partial charge on any atom is 0.435 e. The van der Waals surface area contributed by atoms with Crippen LogP contribution < -0.4 is 4.74 Å². The molecule has 0 atom stereocenters. The van der Waals surface area contributed by atoms with Gasteiger partial charge in [0.25, 0.3) is 0 Å². The van der Waals surface area contributed by atoms with Gasteiger partial charge in [-0.25, -0.2) is 4.68 Å². The molecule has 0 saturated carbocycles. The molecule has 5 nitrogen and oxygen atoms in total. The van der Waals surface area contributed by atoms with Crippen LogP contribution in [0.1, 0.15) is 18.2 Å². The molecule has 1 aromatic carbocycles. The topological polar surface area (TPSA) is 48.6 Å². The molecule has 2 aromatic rings. The van der Waals surface area contributed by atoms with E-state index in [-0.39, 0.29) is 39.9 Å². The Bertz CT molecular complexity index is 822. The lowest BCUT2D eigenvalue weighted by molar-refractivity contribution is -0.141. The zero-order chi connectivity index (χ0) is 19.5. The number of rotatable bonds is 6. The van der Waals surface area contributed by atoms with E-state index in [9.17, 15) is 13.2 Å². The highest BCUT2D eigenvalue weighted by Crippen LogP contribution is 2.33. The van der Waals surface area contributed by atoms with Gasteiger partial charge >= 0.3 is 6.18 Å². The predicted octanol–water partition coefficient (Wildman–Crippen LogP) is 5.22. The summed E-state index contributed by atoms with van der Waals surface area (Å²) in [5, 5.41) is 7.76. The second-order valence-electron chi connectivity index (χ2n) is 4.96. The number of oxime groups is 1. The molecule has 1 aromatic heterocycles. The standard InChI is InChI=1S/C15H13Cl3F3N3O2/c1-3-26-23-10(8-4-5-9(16)14(18)13(8)17)7-25-12-6-11(15(19,20)21)22-24(12)2/h4-6H,3,7H2,1-2H3/b23-10+. The summed E-state index contributed by atoms with van der Waals surface area (Å²) in [5.74, 6) is -0.0993. The molecule has 0 amide bonds. The number of aromatic nitrogens is 2. The molecule has 0 aliphatic heterocycles. The van der Waals surface area contributed by atoms with Gasteiger partial charge < -0.3 is 9.57 Å². The van der Waals surface area contributed by atoms with E-state index < -0.39 is 11.9 Å². The van der Waals surface area contributed by atoms with Gasteiger partial charge in [-0.3, -0.25) is 0 Å². The van der Waals surface area contributed by atoms with Crippen LogP contribution in [0.5, 0.6) is 5.88 Å². The van der Waals surface area contributed by atoms with Crippen molar-refractivity contribution in [2.24, 2.45) is 12.2 Å². The van der Waals surface area contributed by atoms with Crippen molar-refractivity contribution >= 4 is 40.5 Å². The lowest BCUT2D eigenvalue weighted by Crippen LogP contribution is -2.16. The molecule has 0 N–H and O–H groups in total. The number of halogens is 6. The summed E-state index contributed by atoms with van der Waals surface area (Å²) >= 11 is 18.1. The molecule has 0 saturated heterocycles. The van der Waals surface area contributed by atoms with Crippen molar-refractivity contribution in [2.45, 2.75) is 13.1 Å². The van der Waals surface area contributed by atoms with Gasteiger partial charge in [0.15, 0.2) is 5.69 Å². The van der Waals surface area contributed by atoms with Gasteiger partial charge in [-0.05, 0) is 19.1 Å². The molecule has 0 spiro atoms. The summed E-state index contributed by atoms with van der Waals surface area (Å²) < 4.78 is 44.6. The molecule has 2 rings (SSSR count). The molecule has 11 heteroatoms. The third-order valence-electron chi connectivity index (χ3n) is 3.13. The number of hydrogen-bond acceptors (Lipinski definition) is 4. The van der Waals surface area contributed by atoms with E-state index in [2.05, 4.69) is 10.3 Å². The Kier molecular flexibility index (Phi) is 6.65. The van der Waals surface area contributed by atoms with E-state index >= 15 is 0 Å². The average Bonchev–Trinajstić information content (AvgIpc) is 2.95. The van der Waals surface area contributed by atoms with Crippen LogP contribution in [0, 0.1) is 0 Å². The second kappa shape index (κ2) is 8.37. The third kappa shape index (κ3) is 4.75. The lowest BCUT2D eigenvalue weighted by atomic mass is 10.1. The van der Waals surface area contributed by atoms with E-state index in [0.717, 1.165) is 10.7 Å². The fourth-order valence-electron chi connectivity index (χ4n) is 1.91. The summed E-state index contributed by atoms with van der Waals surface area (Å²) in [7, 11) is 1.33. The van der Waals surface area contributed by atoms with E-state index in [1.807, 2.05) is 0 Å². The summed E-state index contributed by atoms with van der Waals surface area (Å²) in [5.41, 5.74) is -0.455. The lowest BCUT2D eigenvalue weighted by Gasteiger charge is -2.11. The minimum atomic E-state index is -4.57. The first-order valence-electron chi connectivity index (χ1n) is 7.21. The van der Waals surface area contributed by atoms with Crippen LogP contribution in [0.2, 0.25) is 15.1 Å². The van der Waals surface area contributed by atoms with Gasteiger partial charge in [-0.1, -0.05) is 40.0 Å². The molecule has 0 fully saturated rings. The minimum absolute atomic E-state index is 0.0993. The van der Waals surface area contributed by atoms with Crippen molar-refractivity contribution in [3.63, 3.8) is 0 Å². The average molecular weight is 431 g/mol. The highest BCUT2D eigenvalue weighted by Gasteiger charge is 2.35. The smallest absolute Gasteiger partial charge is 0.435 e. The van der Waals surface area contributed by atoms with Crippen molar-refractivity contribution in [3.05, 3.63) is 44.5 Å². The van der Waals surface area contributed by atoms with Crippen molar-refractivity contribution in [1.29, 1.82) is 0 Å². The van der Waals surface area contributed by atoms with Crippen molar-refractivity contribution in [2.75, 3.05) is 13.2 Å². The Balaban J connectivity index is 2.28. The first-order valence-corrected chi connectivity index (χ1v) is 8.35. The number of nitrogens with zero attached hydrogens (tertiary/aromatic N) is 3. The maximum absolute atomic E-state index is 12.7. The molecule has 0 aliphatic carbocycles. The first-order chi connectivity index (χ1) is 12.1. The second-order valence-corrected chi connectivity index (χ2v) is 6.12. The van der Waals surface area contributed by atoms with Crippen LogP contribution in [0.4, 0.5) is 13.2 Å². The summed E-state index contributed by atoms with van der Waals surface area (Å²) in [6.07, 6.45) is -4.57. The Morgan fingerprint density at radius 3 is 2.50 bits per heavy atom. The number of hydrogen-bond donors (Lipinski definition) is 0. The molecule has 26 heavy (non-hydrogen) atoms. The number of ether oxygens (including phenoxy) is 1. The summed E-state index contributed by atoms with van der Waals surface area (Å²) in [6, 6.07) is 3.86. The Labute approximate surface area is 162 Å². The van der Waals surface area contributed by atoms with Crippen LogP contribution in [0.15, 0.2) is 23.4 Å². The first kappa shape index (κ1) is 20.7. The van der Waals surface area contributed by atoms with Gasteiger partial charge in [0.1, 0.15) is 18.9 Å². The zero-order valence-electron chi connectivity index (χ0n) is 13.6. The van der Waals surface area contributed by atoms with Crippen LogP contribution in [-0.4, -0.2) is 28.7 Å². The van der Waals surface area contributed by atoms with E-state index in [1.165, 1.54) is 13.1 Å². The maximum atomic E-state index is 12.7. The highest BCUT2D eigenvalue weighted by atomic mass is 35.5. The van der Waals surface area contributed by atoms with Crippen LogP contribution in [0.3, 0.4) is 0 Å². The zero-order valence-corrected chi connectivity index (χ0v) is 15.8. The number of aryl methyl sites for hydroxylation is 1. The minimum Gasteiger partial charge on any atom is -0.471 e. The van der Waals surface area contributed by atoms with Gasteiger partial charge in [0.2, 0.25) is 5.88 Å². The van der Waals surface area contributed by atoms with Gasteiger partial charge in [-0.15, -0.1) is 0 Å². The molecular weight excluding hydrogens is 418 g/mol. The SMILES string of the molecule is CCO/N=C(\COc1cc(C(F)(F)F)nn1C)c1ccc(Cl)c(Cl)c1Cl. The van der Waals surface area contributed by atoms with E-state index in [1.54, 1.807) is 13.0 Å². The van der Waals surface area contributed by atoms with E-state index in [4.69, 9.17) is 44.4 Å². The Morgan fingerprint density at radius 2 is 1.92 bits per heavy atom. The fourth-order valence-corrected chi connectivity index (χ4v) is 2.56. The molecular formula is C15H13Cl3F3N3O2. The summed E-state index contributed by atoms with van der Waals surface area (Å²) in [4.78, 5) is 5.02. The monoisotopic (exact) mass is 429 g/mol. The van der Waals surface area contributed by atoms with Crippen molar-refractivity contribution in [1.82, 2.24) is 9.78 Å². The molecule has 0 radical (unpaired) electrons. The molecule has 0 unspecified atom stereocenters. The number of alkyl halides is 3. The highest BCUT2D eigenvalue weighted by molar-refractivity contribution is 6.49. The quantitative estimate of drug-likeness (QED) is 0.359. The largest absolute Gasteiger partial charge is 0.471 e. The predicted molar refractivity (Wildman–Crippen MR) is 93.3 cm³/mol. The van der Waals surface area contributed by atoms with Crippen molar-refractivity contribution in [3.8, 4) is 5.88 Å². The van der Waals surface area contributed by atoms with Crippen LogP contribution in [0.25, 0.3) is 0 Å². The molecule has 0 aliphatic rings. The number of benzene rings is 1. The summed E-state index contributed by atoms with van der Waals surface area (Å²) in [6.45, 7) is 1.76. The third-order valence-corrected chi connectivity index (χ3v) is 4.43. The van der Waals surface area contributed by atoms with Crippen LogP contribution >= 0.6 is 34.8 Å². The van der Waals surface area contributed by atoms with Gasteiger partial charge in [0, 0.05) is 18.7 Å². The normalized spacial score (nSPS) is 12.4. The molecule has 142 valence electrons. The Morgan fingerprint density at radius 1 is 1.23 bits per heavy atom. The van der Waals surface area contributed by atoms with Crippen LogP contribution in [-0.2, 0) is 18.1 Å². The van der Waals surface area contributed by atoms with E-state index in [0.29, 0.717) is 5.56 Å².